The normalized spacial score (nSPS) is 9.69. The second kappa shape index (κ2) is 4.65. The molecule has 0 aromatic heterocycles. The average Bonchev–Trinajstić information content (AvgIpc) is 2.18. The summed E-state index contributed by atoms with van der Waals surface area (Å²) >= 11 is 0. The molecule has 2 heteroatoms. The van der Waals surface area contributed by atoms with Crippen LogP contribution in [0.3, 0.4) is 0 Å². The maximum Gasteiger partial charge on any atom is 0.337 e. The Labute approximate surface area is 78.5 Å². The van der Waals surface area contributed by atoms with Gasteiger partial charge in [-0.1, -0.05) is 19.1 Å². The monoisotopic (exact) mass is 177 g/mol. The fourth-order valence-corrected chi connectivity index (χ4v) is 1.13. The number of hydrogen-bond acceptors (Lipinski definition) is 2. The van der Waals surface area contributed by atoms with Gasteiger partial charge in [-0.2, -0.15) is 0 Å². The third-order valence-corrected chi connectivity index (χ3v) is 1.81. The van der Waals surface area contributed by atoms with Crippen LogP contribution in [0.4, 0.5) is 0 Å². The van der Waals surface area contributed by atoms with E-state index in [9.17, 15) is 4.79 Å². The largest absolute Gasteiger partial charge is 0.465 e. The van der Waals surface area contributed by atoms with Gasteiger partial charge in [0.15, 0.2) is 0 Å². The van der Waals surface area contributed by atoms with Crippen LogP contribution in [0.25, 0.3) is 0 Å². The van der Waals surface area contributed by atoms with E-state index in [0.29, 0.717) is 5.56 Å². The molecule has 0 N–H and O–H groups in total. The van der Waals surface area contributed by atoms with Crippen LogP contribution in [0.5, 0.6) is 0 Å². The minimum atomic E-state index is -0.285. The van der Waals surface area contributed by atoms with E-state index in [-0.39, 0.29) is 5.97 Å². The van der Waals surface area contributed by atoms with Crippen molar-refractivity contribution >= 4 is 5.97 Å². The summed E-state index contributed by atoms with van der Waals surface area (Å²) in [6.07, 6.45) is 3.01. The number of benzene rings is 1. The van der Waals surface area contributed by atoms with Crippen LogP contribution >= 0.6 is 0 Å². The molecule has 0 aliphatic rings. The lowest BCUT2D eigenvalue weighted by Crippen LogP contribution is -2.00. The predicted molar refractivity (Wildman–Crippen MR) is 51.5 cm³/mol. The van der Waals surface area contributed by atoms with Crippen molar-refractivity contribution in [3.8, 4) is 0 Å². The molecular weight excluding hydrogens is 164 g/mol. The molecule has 0 aliphatic carbocycles. The van der Waals surface area contributed by atoms with Crippen LogP contribution in [0.15, 0.2) is 24.3 Å². The van der Waals surface area contributed by atoms with E-state index in [1.165, 1.54) is 12.7 Å². The molecule has 0 amide bonds. The number of ether oxygens (including phenoxy) is 1. The van der Waals surface area contributed by atoms with Gasteiger partial charge in [0, 0.05) is 0 Å². The zero-order valence-corrected chi connectivity index (χ0v) is 7.91. The molecule has 0 aliphatic heterocycles. The van der Waals surface area contributed by atoms with Crippen molar-refractivity contribution in [3.05, 3.63) is 41.8 Å². The SMILES string of the molecule is C[CH]Cc1ccc(C(=O)OC)cc1. The Bertz CT molecular complexity index is 275. The van der Waals surface area contributed by atoms with Crippen molar-refractivity contribution in [1.82, 2.24) is 0 Å². The maximum atomic E-state index is 11.1. The quantitative estimate of drug-likeness (QED) is 0.662. The van der Waals surface area contributed by atoms with E-state index in [1.54, 1.807) is 12.1 Å². The van der Waals surface area contributed by atoms with Crippen LogP contribution in [-0.4, -0.2) is 13.1 Å². The number of esters is 1. The van der Waals surface area contributed by atoms with Gasteiger partial charge < -0.3 is 4.74 Å². The minimum absolute atomic E-state index is 0.285. The smallest absolute Gasteiger partial charge is 0.337 e. The standard InChI is InChI=1S/C11H13O2/c1-3-4-9-5-7-10(8-6-9)11(12)13-2/h3,5-8H,4H2,1-2H3. The van der Waals surface area contributed by atoms with E-state index >= 15 is 0 Å². The van der Waals surface area contributed by atoms with Gasteiger partial charge in [0.25, 0.3) is 0 Å². The highest BCUT2D eigenvalue weighted by molar-refractivity contribution is 5.89. The first kappa shape index (κ1) is 9.78. The van der Waals surface area contributed by atoms with Gasteiger partial charge in [-0.3, -0.25) is 0 Å². The van der Waals surface area contributed by atoms with E-state index in [2.05, 4.69) is 11.2 Å². The Hall–Kier alpha value is -1.31. The molecule has 2 nitrogen and oxygen atoms in total. The van der Waals surface area contributed by atoms with Gasteiger partial charge in [-0.15, -0.1) is 0 Å². The second-order valence-corrected chi connectivity index (χ2v) is 2.80. The van der Waals surface area contributed by atoms with Gasteiger partial charge in [0.1, 0.15) is 0 Å². The molecule has 1 rings (SSSR count). The van der Waals surface area contributed by atoms with Crippen molar-refractivity contribution in [2.75, 3.05) is 7.11 Å². The van der Waals surface area contributed by atoms with Crippen molar-refractivity contribution in [2.24, 2.45) is 0 Å². The summed E-state index contributed by atoms with van der Waals surface area (Å²) < 4.78 is 4.59. The van der Waals surface area contributed by atoms with Gasteiger partial charge in [0.05, 0.1) is 12.7 Å². The topological polar surface area (TPSA) is 26.3 Å². The van der Waals surface area contributed by atoms with Crippen LogP contribution in [0.1, 0.15) is 22.8 Å². The summed E-state index contributed by atoms with van der Waals surface area (Å²) in [6.45, 7) is 2.01. The number of methoxy groups -OCH3 is 1. The van der Waals surface area contributed by atoms with Gasteiger partial charge in [-0.05, 0) is 30.5 Å². The summed E-state index contributed by atoms with van der Waals surface area (Å²) in [4.78, 5) is 11.1. The van der Waals surface area contributed by atoms with Crippen molar-refractivity contribution in [3.63, 3.8) is 0 Å². The molecule has 0 saturated carbocycles. The molecule has 69 valence electrons. The van der Waals surface area contributed by atoms with Crippen LogP contribution in [-0.2, 0) is 11.2 Å². The zero-order valence-electron chi connectivity index (χ0n) is 7.91. The predicted octanol–water partition coefficient (Wildman–Crippen LogP) is 2.24. The van der Waals surface area contributed by atoms with Crippen molar-refractivity contribution in [1.29, 1.82) is 0 Å². The van der Waals surface area contributed by atoms with E-state index in [0.717, 1.165) is 6.42 Å². The van der Waals surface area contributed by atoms with Crippen LogP contribution in [0, 0.1) is 6.42 Å². The second-order valence-electron chi connectivity index (χ2n) is 2.80. The maximum absolute atomic E-state index is 11.1. The molecule has 0 unspecified atom stereocenters. The molecule has 0 bridgehead atoms. The first-order chi connectivity index (χ1) is 6.27. The number of carbonyl (C=O) groups is 1. The number of rotatable bonds is 3. The molecule has 1 aromatic rings. The van der Waals surface area contributed by atoms with E-state index in [4.69, 9.17) is 0 Å². The Morgan fingerprint density at radius 2 is 2.00 bits per heavy atom. The summed E-state index contributed by atoms with van der Waals surface area (Å²) in [5, 5.41) is 0. The molecule has 0 spiro atoms. The Balaban J connectivity index is 2.75. The third-order valence-electron chi connectivity index (χ3n) is 1.81. The molecule has 0 saturated heterocycles. The van der Waals surface area contributed by atoms with E-state index < -0.39 is 0 Å². The molecular formula is C11H13O2. The number of carbonyl (C=O) groups excluding carboxylic acids is 1. The lowest BCUT2D eigenvalue weighted by Gasteiger charge is -2.00. The summed E-state index contributed by atoms with van der Waals surface area (Å²) in [5.74, 6) is -0.285. The van der Waals surface area contributed by atoms with E-state index in [1.807, 2.05) is 19.1 Å². The third kappa shape index (κ3) is 2.58. The van der Waals surface area contributed by atoms with Crippen LogP contribution < -0.4 is 0 Å². The molecule has 1 aromatic carbocycles. The lowest BCUT2D eigenvalue weighted by atomic mass is 10.1. The summed E-state index contributed by atoms with van der Waals surface area (Å²) in [6, 6.07) is 7.44. The molecule has 0 fully saturated rings. The fraction of sp³-hybridized carbons (Fsp3) is 0.273. The average molecular weight is 177 g/mol. The van der Waals surface area contributed by atoms with Crippen molar-refractivity contribution < 1.29 is 9.53 Å². The molecule has 0 heterocycles. The summed E-state index contributed by atoms with van der Waals surface area (Å²) in [5.41, 5.74) is 1.80. The lowest BCUT2D eigenvalue weighted by molar-refractivity contribution is 0.0601. The molecule has 0 atom stereocenters. The molecule has 13 heavy (non-hydrogen) atoms. The molecule has 1 radical (unpaired) electrons. The first-order valence-electron chi connectivity index (χ1n) is 4.23. The fourth-order valence-electron chi connectivity index (χ4n) is 1.13. The Kier molecular flexibility index (Phi) is 3.50. The van der Waals surface area contributed by atoms with Gasteiger partial charge >= 0.3 is 5.97 Å². The first-order valence-corrected chi connectivity index (χ1v) is 4.23. The highest BCUT2D eigenvalue weighted by Gasteiger charge is 2.03. The highest BCUT2D eigenvalue weighted by Crippen LogP contribution is 2.06. The highest BCUT2D eigenvalue weighted by atomic mass is 16.5. The van der Waals surface area contributed by atoms with Gasteiger partial charge in [-0.25, -0.2) is 4.79 Å². The number of hydrogen-bond donors (Lipinski definition) is 0. The van der Waals surface area contributed by atoms with Gasteiger partial charge in [0.2, 0.25) is 0 Å². The summed E-state index contributed by atoms with van der Waals surface area (Å²) in [7, 11) is 1.38. The van der Waals surface area contributed by atoms with Crippen LogP contribution in [0.2, 0.25) is 0 Å². The van der Waals surface area contributed by atoms with Crippen molar-refractivity contribution in [2.45, 2.75) is 13.3 Å². The zero-order chi connectivity index (χ0) is 9.68. The Morgan fingerprint density at radius 1 is 1.38 bits per heavy atom. The Morgan fingerprint density at radius 3 is 2.46 bits per heavy atom. The minimum Gasteiger partial charge on any atom is -0.465 e.